The molecule has 1 aliphatic rings. The van der Waals surface area contributed by atoms with Gasteiger partial charge in [-0.25, -0.2) is 0 Å². The zero-order valence-electron chi connectivity index (χ0n) is 8.37. The molecule has 0 N–H and O–H groups in total. The van der Waals surface area contributed by atoms with Crippen LogP contribution in [-0.4, -0.2) is 27.9 Å². The van der Waals surface area contributed by atoms with Gasteiger partial charge in [0.25, 0.3) is 0 Å². The number of aryl methyl sites for hydroxylation is 1. The second-order valence-corrected chi connectivity index (χ2v) is 4.19. The van der Waals surface area contributed by atoms with Crippen LogP contribution < -0.4 is 0 Å². The van der Waals surface area contributed by atoms with Crippen LogP contribution in [0.25, 0.3) is 0 Å². The van der Waals surface area contributed by atoms with Gasteiger partial charge in [-0.1, -0.05) is 0 Å². The Hall–Kier alpha value is -0.540. The van der Waals surface area contributed by atoms with Crippen LogP contribution in [0.5, 0.6) is 0 Å². The highest BCUT2D eigenvalue weighted by molar-refractivity contribution is 6.18. The number of nitrogens with zero attached hydrogens (tertiary/aromatic N) is 2. The molecule has 1 aromatic rings. The highest BCUT2D eigenvalue weighted by atomic mass is 35.5. The molecule has 1 aliphatic heterocycles. The molecule has 1 unspecified atom stereocenters. The molecule has 14 heavy (non-hydrogen) atoms. The Morgan fingerprint density at radius 2 is 2.57 bits per heavy atom. The van der Waals surface area contributed by atoms with Crippen LogP contribution in [0.2, 0.25) is 0 Å². The van der Waals surface area contributed by atoms with E-state index < -0.39 is 0 Å². The fourth-order valence-electron chi connectivity index (χ4n) is 1.93. The molecular formula is C10H15ClN2O. The van der Waals surface area contributed by atoms with Gasteiger partial charge >= 0.3 is 0 Å². The third-order valence-electron chi connectivity index (χ3n) is 2.70. The van der Waals surface area contributed by atoms with Crippen molar-refractivity contribution >= 4 is 11.6 Å². The maximum atomic E-state index is 5.96. The quantitative estimate of drug-likeness (QED) is 0.717. The topological polar surface area (TPSA) is 27.1 Å². The van der Waals surface area contributed by atoms with Crippen LogP contribution in [0.4, 0.5) is 0 Å². The van der Waals surface area contributed by atoms with Crippen LogP contribution in [0.1, 0.15) is 18.5 Å². The van der Waals surface area contributed by atoms with E-state index in [4.69, 9.17) is 16.3 Å². The maximum Gasteiger partial charge on any atom is 0.0873 e. The monoisotopic (exact) mass is 214 g/mol. The standard InChI is InChI=1S/C10H15ClN2O/c1-13-5-3-9(12-13)7-10(8-11)4-2-6-14-10/h3,5H,2,4,6-8H2,1H3. The molecule has 0 radical (unpaired) electrons. The normalized spacial score (nSPS) is 27.0. The van der Waals surface area contributed by atoms with Crippen molar-refractivity contribution in [3.05, 3.63) is 18.0 Å². The van der Waals surface area contributed by atoms with Gasteiger partial charge in [0.15, 0.2) is 0 Å². The molecule has 1 aromatic heterocycles. The van der Waals surface area contributed by atoms with E-state index in [1.165, 1.54) is 0 Å². The predicted molar refractivity (Wildman–Crippen MR) is 55.5 cm³/mol. The van der Waals surface area contributed by atoms with Crippen LogP contribution in [0, 0.1) is 0 Å². The molecule has 1 atom stereocenters. The van der Waals surface area contributed by atoms with Crippen molar-refractivity contribution in [1.82, 2.24) is 9.78 Å². The second-order valence-electron chi connectivity index (χ2n) is 3.93. The Balaban J connectivity index is 2.08. The largest absolute Gasteiger partial charge is 0.373 e. The number of aromatic nitrogens is 2. The molecular weight excluding hydrogens is 200 g/mol. The van der Waals surface area contributed by atoms with E-state index in [1.807, 2.05) is 24.0 Å². The summed E-state index contributed by atoms with van der Waals surface area (Å²) in [5.74, 6) is 0.559. The summed E-state index contributed by atoms with van der Waals surface area (Å²) in [4.78, 5) is 0. The van der Waals surface area contributed by atoms with Crippen LogP contribution >= 0.6 is 11.6 Å². The number of ether oxygens (including phenoxy) is 1. The molecule has 0 amide bonds. The molecule has 1 fully saturated rings. The molecule has 0 spiro atoms. The number of rotatable bonds is 3. The van der Waals surface area contributed by atoms with Crippen molar-refractivity contribution in [1.29, 1.82) is 0 Å². The fraction of sp³-hybridized carbons (Fsp3) is 0.700. The van der Waals surface area contributed by atoms with Crippen molar-refractivity contribution in [2.24, 2.45) is 7.05 Å². The number of hydrogen-bond donors (Lipinski definition) is 0. The number of hydrogen-bond acceptors (Lipinski definition) is 2. The van der Waals surface area contributed by atoms with Gasteiger partial charge in [-0.15, -0.1) is 11.6 Å². The Morgan fingerprint density at radius 1 is 1.71 bits per heavy atom. The smallest absolute Gasteiger partial charge is 0.0873 e. The summed E-state index contributed by atoms with van der Waals surface area (Å²) in [6.07, 6.45) is 4.94. The molecule has 4 heteroatoms. The van der Waals surface area contributed by atoms with E-state index in [0.29, 0.717) is 5.88 Å². The number of halogens is 1. The van der Waals surface area contributed by atoms with E-state index in [1.54, 1.807) is 0 Å². The average Bonchev–Trinajstić information content (AvgIpc) is 2.77. The van der Waals surface area contributed by atoms with Gasteiger partial charge in [0.2, 0.25) is 0 Å². The first kappa shape index (κ1) is 9.99. The van der Waals surface area contributed by atoms with E-state index in [-0.39, 0.29) is 5.60 Å². The summed E-state index contributed by atoms with van der Waals surface area (Å²) in [6.45, 7) is 0.833. The minimum Gasteiger partial charge on any atom is -0.373 e. The fourth-order valence-corrected chi connectivity index (χ4v) is 2.24. The van der Waals surface area contributed by atoms with Crippen molar-refractivity contribution in [3.8, 4) is 0 Å². The van der Waals surface area contributed by atoms with Crippen molar-refractivity contribution in [2.45, 2.75) is 24.9 Å². The average molecular weight is 215 g/mol. The highest BCUT2D eigenvalue weighted by Gasteiger charge is 2.35. The van der Waals surface area contributed by atoms with Gasteiger partial charge in [-0.05, 0) is 18.9 Å². The second kappa shape index (κ2) is 3.91. The van der Waals surface area contributed by atoms with E-state index in [0.717, 1.165) is 31.6 Å². The molecule has 2 heterocycles. The van der Waals surface area contributed by atoms with Crippen LogP contribution in [0.3, 0.4) is 0 Å². The lowest BCUT2D eigenvalue weighted by Gasteiger charge is -2.24. The van der Waals surface area contributed by atoms with Crippen LogP contribution in [-0.2, 0) is 18.2 Å². The third-order valence-corrected chi connectivity index (χ3v) is 3.19. The lowest BCUT2D eigenvalue weighted by molar-refractivity contribution is 0.0229. The molecule has 2 rings (SSSR count). The summed E-state index contributed by atoms with van der Waals surface area (Å²) < 4.78 is 7.53. The summed E-state index contributed by atoms with van der Waals surface area (Å²) >= 11 is 5.96. The van der Waals surface area contributed by atoms with E-state index in [2.05, 4.69) is 5.10 Å². The molecule has 3 nitrogen and oxygen atoms in total. The summed E-state index contributed by atoms with van der Waals surface area (Å²) in [7, 11) is 1.92. The van der Waals surface area contributed by atoms with Crippen LogP contribution in [0.15, 0.2) is 12.3 Å². The summed E-state index contributed by atoms with van der Waals surface area (Å²) in [5, 5.41) is 4.35. The van der Waals surface area contributed by atoms with Gasteiger partial charge < -0.3 is 4.74 Å². The van der Waals surface area contributed by atoms with E-state index in [9.17, 15) is 0 Å². The minimum atomic E-state index is -0.157. The third kappa shape index (κ3) is 1.93. The Bertz CT molecular complexity index is 305. The van der Waals surface area contributed by atoms with Crippen molar-refractivity contribution in [2.75, 3.05) is 12.5 Å². The maximum absolute atomic E-state index is 5.96. The van der Waals surface area contributed by atoms with Crippen molar-refractivity contribution < 1.29 is 4.74 Å². The first-order valence-corrected chi connectivity index (χ1v) is 5.46. The van der Waals surface area contributed by atoms with Crippen molar-refractivity contribution in [3.63, 3.8) is 0 Å². The van der Waals surface area contributed by atoms with E-state index >= 15 is 0 Å². The lowest BCUT2D eigenvalue weighted by atomic mass is 9.96. The SMILES string of the molecule is Cn1ccc(CC2(CCl)CCCO2)n1. The highest BCUT2D eigenvalue weighted by Crippen LogP contribution is 2.30. The Labute approximate surface area is 89.0 Å². The van der Waals surface area contributed by atoms with Gasteiger partial charge in [0.05, 0.1) is 17.2 Å². The van der Waals surface area contributed by atoms with Gasteiger partial charge in [-0.2, -0.15) is 5.10 Å². The Morgan fingerprint density at radius 3 is 3.07 bits per heavy atom. The molecule has 0 saturated carbocycles. The van der Waals surface area contributed by atoms with Gasteiger partial charge in [0, 0.05) is 26.3 Å². The minimum absolute atomic E-state index is 0.157. The lowest BCUT2D eigenvalue weighted by Crippen LogP contribution is -2.33. The van der Waals surface area contributed by atoms with Gasteiger partial charge in [0.1, 0.15) is 0 Å². The Kier molecular flexibility index (Phi) is 2.79. The first-order valence-electron chi connectivity index (χ1n) is 4.93. The molecule has 0 aromatic carbocycles. The predicted octanol–water partition coefficient (Wildman–Crippen LogP) is 1.75. The summed E-state index contributed by atoms with van der Waals surface area (Å²) in [6, 6.07) is 2.02. The molecule has 0 bridgehead atoms. The molecule has 1 saturated heterocycles. The zero-order valence-corrected chi connectivity index (χ0v) is 9.13. The molecule has 78 valence electrons. The zero-order chi connectivity index (χ0) is 10.0. The number of alkyl halides is 1. The summed E-state index contributed by atoms with van der Waals surface area (Å²) in [5.41, 5.74) is 0.908. The van der Waals surface area contributed by atoms with Gasteiger partial charge in [-0.3, -0.25) is 4.68 Å². The molecule has 0 aliphatic carbocycles. The first-order chi connectivity index (χ1) is 6.74.